The summed E-state index contributed by atoms with van der Waals surface area (Å²) < 4.78 is 30.0. The highest BCUT2D eigenvalue weighted by Crippen LogP contribution is 2.21. The monoisotopic (exact) mass is 349 g/mol. The van der Waals surface area contributed by atoms with Crippen LogP contribution in [0, 0.1) is 40.5 Å². The lowest BCUT2D eigenvalue weighted by molar-refractivity contribution is 0.436. The molecule has 0 saturated heterocycles. The van der Waals surface area contributed by atoms with Crippen LogP contribution in [-0.4, -0.2) is 24.7 Å². The third kappa shape index (κ3) is 4.24. The Hall–Kier alpha value is -1.66. The topological polar surface area (TPSA) is 64.0 Å². The Morgan fingerprint density at radius 2 is 1.67 bits per heavy atom. The number of hydrogen-bond acceptors (Lipinski definition) is 3. The fourth-order valence-electron chi connectivity index (χ4n) is 3.13. The summed E-state index contributed by atoms with van der Waals surface area (Å²) in [5, 5.41) is 4.43. The van der Waals surface area contributed by atoms with Crippen molar-refractivity contribution in [1.82, 2.24) is 14.5 Å². The van der Waals surface area contributed by atoms with E-state index in [2.05, 4.69) is 9.82 Å². The first-order chi connectivity index (χ1) is 11.1. The minimum absolute atomic E-state index is 0.142. The van der Waals surface area contributed by atoms with E-state index in [-0.39, 0.29) is 5.92 Å². The second kappa shape index (κ2) is 7.07. The minimum atomic E-state index is -3.51. The number of aryl methyl sites for hydroxylation is 5. The molecule has 0 radical (unpaired) electrons. The Bertz CT molecular complexity index is 815. The first-order valence-electron chi connectivity index (χ1n) is 8.18. The average molecular weight is 350 g/mol. The molecule has 132 valence electrons. The van der Waals surface area contributed by atoms with Crippen molar-refractivity contribution in [2.45, 2.75) is 53.0 Å². The maximum Gasteiger partial charge on any atom is 0.241 e. The summed E-state index contributed by atoms with van der Waals surface area (Å²) in [6, 6.07) is 5.83. The highest BCUT2D eigenvalue weighted by atomic mass is 32.2. The van der Waals surface area contributed by atoms with Gasteiger partial charge in [-0.2, -0.15) is 5.10 Å². The van der Waals surface area contributed by atoms with Crippen LogP contribution in [0.15, 0.2) is 23.1 Å². The van der Waals surface area contributed by atoms with Gasteiger partial charge in [-0.1, -0.05) is 24.6 Å². The van der Waals surface area contributed by atoms with Gasteiger partial charge in [-0.3, -0.25) is 4.68 Å². The lowest BCUT2D eigenvalue weighted by Gasteiger charge is -2.16. The fraction of sp³-hybridized carbons (Fsp3) is 0.500. The fourth-order valence-corrected chi connectivity index (χ4v) is 4.75. The summed E-state index contributed by atoms with van der Waals surface area (Å²) in [4.78, 5) is 0.395. The van der Waals surface area contributed by atoms with E-state index in [9.17, 15) is 8.42 Å². The standard InChI is InChI=1S/C18H27N3O2S/c1-12-7-14(3)18(15(4)8-12)24(22,23)19-10-13(2)11-21-17(6)9-16(5)20-21/h7-9,13,19H,10-11H2,1-6H3. The summed E-state index contributed by atoms with van der Waals surface area (Å²) in [6.07, 6.45) is 0. The molecule has 0 bridgehead atoms. The zero-order chi connectivity index (χ0) is 18.1. The molecule has 0 aliphatic rings. The normalized spacial score (nSPS) is 13.2. The first kappa shape index (κ1) is 18.7. The van der Waals surface area contributed by atoms with Crippen LogP contribution in [0.2, 0.25) is 0 Å². The van der Waals surface area contributed by atoms with Crippen molar-refractivity contribution in [3.8, 4) is 0 Å². The van der Waals surface area contributed by atoms with Crippen LogP contribution in [0.3, 0.4) is 0 Å². The van der Waals surface area contributed by atoms with Gasteiger partial charge in [0.2, 0.25) is 10.0 Å². The van der Waals surface area contributed by atoms with Gasteiger partial charge in [0.05, 0.1) is 10.6 Å². The second-order valence-corrected chi connectivity index (χ2v) is 8.50. The summed E-state index contributed by atoms with van der Waals surface area (Å²) >= 11 is 0. The molecule has 0 spiro atoms. The van der Waals surface area contributed by atoms with Crippen molar-refractivity contribution in [2.75, 3.05) is 6.54 Å². The van der Waals surface area contributed by atoms with Gasteiger partial charge in [-0.05, 0) is 57.7 Å². The van der Waals surface area contributed by atoms with Gasteiger partial charge < -0.3 is 0 Å². The van der Waals surface area contributed by atoms with Crippen molar-refractivity contribution in [1.29, 1.82) is 0 Å². The van der Waals surface area contributed by atoms with Crippen molar-refractivity contribution in [2.24, 2.45) is 5.92 Å². The molecule has 2 rings (SSSR count). The molecule has 0 aliphatic carbocycles. The second-order valence-electron chi connectivity index (χ2n) is 6.79. The van der Waals surface area contributed by atoms with Crippen LogP contribution in [-0.2, 0) is 16.6 Å². The number of nitrogens with zero attached hydrogens (tertiary/aromatic N) is 2. The van der Waals surface area contributed by atoms with Crippen LogP contribution in [0.5, 0.6) is 0 Å². The van der Waals surface area contributed by atoms with E-state index >= 15 is 0 Å². The highest BCUT2D eigenvalue weighted by Gasteiger charge is 2.20. The predicted octanol–water partition coefficient (Wildman–Crippen LogP) is 3.04. The third-order valence-electron chi connectivity index (χ3n) is 4.08. The zero-order valence-electron chi connectivity index (χ0n) is 15.3. The van der Waals surface area contributed by atoms with Crippen LogP contribution in [0.25, 0.3) is 0 Å². The van der Waals surface area contributed by atoms with Gasteiger partial charge in [-0.15, -0.1) is 0 Å². The maximum absolute atomic E-state index is 12.7. The molecule has 0 aliphatic heterocycles. The van der Waals surface area contributed by atoms with Crippen molar-refractivity contribution in [3.63, 3.8) is 0 Å². The van der Waals surface area contributed by atoms with E-state index in [0.29, 0.717) is 18.0 Å². The molecule has 1 unspecified atom stereocenters. The first-order valence-corrected chi connectivity index (χ1v) is 9.67. The number of benzene rings is 1. The van der Waals surface area contributed by atoms with Crippen molar-refractivity contribution in [3.05, 3.63) is 46.3 Å². The highest BCUT2D eigenvalue weighted by molar-refractivity contribution is 7.89. The van der Waals surface area contributed by atoms with E-state index in [4.69, 9.17) is 0 Å². The third-order valence-corrected chi connectivity index (χ3v) is 5.81. The lowest BCUT2D eigenvalue weighted by atomic mass is 10.1. The Balaban J connectivity index is 2.09. The molecule has 6 heteroatoms. The zero-order valence-corrected chi connectivity index (χ0v) is 16.2. The lowest BCUT2D eigenvalue weighted by Crippen LogP contribution is -2.31. The van der Waals surface area contributed by atoms with Gasteiger partial charge in [-0.25, -0.2) is 13.1 Å². The number of rotatable bonds is 6. The Morgan fingerprint density at radius 3 is 2.17 bits per heavy atom. The van der Waals surface area contributed by atoms with Crippen LogP contribution in [0.1, 0.15) is 35.0 Å². The largest absolute Gasteiger partial charge is 0.269 e. The smallest absolute Gasteiger partial charge is 0.241 e. The molecule has 1 heterocycles. The molecule has 1 aromatic heterocycles. The van der Waals surface area contributed by atoms with E-state index in [1.807, 2.05) is 64.4 Å². The molecule has 2 aromatic rings. The molecular formula is C18H27N3O2S. The number of hydrogen-bond donors (Lipinski definition) is 1. The van der Waals surface area contributed by atoms with E-state index in [1.54, 1.807) is 0 Å². The maximum atomic E-state index is 12.7. The SMILES string of the molecule is Cc1cc(C)c(S(=O)(=O)NCC(C)Cn2nc(C)cc2C)c(C)c1. The Kier molecular flexibility index (Phi) is 5.50. The van der Waals surface area contributed by atoms with E-state index in [0.717, 1.165) is 28.1 Å². The molecule has 0 saturated carbocycles. The molecular weight excluding hydrogens is 322 g/mol. The van der Waals surface area contributed by atoms with Crippen LogP contribution < -0.4 is 4.72 Å². The molecule has 0 amide bonds. The molecule has 1 aromatic carbocycles. The van der Waals surface area contributed by atoms with Crippen LogP contribution >= 0.6 is 0 Å². The molecule has 1 atom stereocenters. The summed E-state index contributed by atoms with van der Waals surface area (Å²) in [7, 11) is -3.51. The number of nitrogens with one attached hydrogen (secondary N) is 1. The van der Waals surface area contributed by atoms with E-state index in [1.165, 1.54) is 0 Å². The molecule has 24 heavy (non-hydrogen) atoms. The van der Waals surface area contributed by atoms with Gasteiger partial charge in [0.1, 0.15) is 0 Å². The molecule has 1 N–H and O–H groups in total. The van der Waals surface area contributed by atoms with Gasteiger partial charge in [0.25, 0.3) is 0 Å². The molecule has 0 fully saturated rings. The molecule has 5 nitrogen and oxygen atoms in total. The van der Waals surface area contributed by atoms with Crippen LogP contribution in [0.4, 0.5) is 0 Å². The number of aromatic nitrogens is 2. The summed E-state index contributed by atoms with van der Waals surface area (Å²) in [5.41, 5.74) is 4.71. The van der Waals surface area contributed by atoms with Crippen molar-refractivity contribution >= 4 is 10.0 Å². The Labute approximate surface area is 145 Å². The average Bonchev–Trinajstić information content (AvgIpc) is 2.73. The predicted molar refractivity (Wildman–Crippen MR) is 96.7 cm³/mol. The summed E-state index contributed by atoms with van der Waals surface area (Å²) in [6.45, 7) is 12.7. The minimum Gasteiger partial charge on any atom is -0.269 e. The number of sulfonamides is 1. The van der Waals surface area contributed by atoms with Crippen molar-refractivity contribution < 1.29 is 8.42 Å². The van der Waals surface area contributed by atoms with E-state index < -0.39 is 10.0 Å². The Morgan fingerprint density at radius 1 is 1.08 bits per heavy atom. The summed E-state index contributed by atoms with van der Waals surface area (Å²) in [5.74, 6) is 0.142. The van der Waals surface area contributed by atoms with Gasteiger partial charge in [0, 0.05) is 18.8 Å². The van der Waals surface area contributed by atoms with Gasteiger partial charge >= 0.3 is 0 Å². The van der Waals surface area contributed by atoms with Gasteiger partial charge in [0.15, 0.2) is 0 Å². The quantitative estimate of drug-likeness (QED) is 0.872.